The van der Waals surface area contributed by atoms with Crippen molar-refractivity contribution in [3.63, 3.8) is 0 Å². The summed E-state index contributed by atoms with van der Waals surface area (Å²) in [4.78, 5) is 11.8. The second kappa shape index (κ2) is 7.35. The van der Waals surface area contributed by atoms with Crippen LogP contribution in [-0.4, -0.2) is 36.1 Å². The van der Waals surface area contributed by atoms with E-state index in [4.69, 9.17) is 9.84 Å². The summed E-state index contributed by atoms with van der Waals surface area (Å²) in [7, 11) is 1.60. The van der Waals surface area contributed by atoms with Crippen LogP contribution in [0.3, 0.4) is 0 Å². The monoisotopic (exact) mass is 254 g/mol. The van der Waals surface area contributed by atoms with Crippen LogP contribution < -0.4 is 4.74 Å². The van der Waals surface area contributed by atoms with Crippen molar-refractivity contribution in [2.45, 2.75) is 6.92 Å². The summed E-state index contributed by atoms with van der Waals surface area (Å²) >= 11 is 1.56. The van der Waals surface area contributed by atoms with E-state index in [1.54, 1.807) is 43.1 Å². The quantitative estimate of drug-likeness (QED) is 0.758. The maximum absolute atomic E-state index is 11.8. The van der Waals surface area contributed by atoms with Crippen molar-refractivity contribution < 1.29 is 14.6 Å². The Labute approximate surface area is 106 Å². The van der Waals surface area contributed by atoms with E-state index in [2.05, 4.69) is 0 Å². The van der Waals surface area contributed by atoms with Crippen molar-refractivity contribution in [2.24, 2.45) is 5.92 Å². The lowest BCUT2D eigenvalue weighted by Crippen LogP contribution is -2.08. The fraction of sp³-hybridized carbons (Fsp3) is 0.462. The third kappa shape index (κ3) is 4.79. The number of carbonyl (C=O) groups excluding carboxylic acids is 1. The Morgan fingerprint density at radius 2 is 2.06 bits per heavy atom. The summed E-state index contributed by atoms with van der Waals surface area (Å²) in [6.07, 6.45) is 0. The number of aliphatic hydroxyl groups excluding tert-OH is 1. The van der Waals surface area contributed by atoms with Gasteiger partial charge in [-0.25, -0.2) is 0 Å². The van der Waals surface area contributed by atoms with E-state index in [1.165, 1.54) is 0 Å². The molecule has 0 heterocycles. The molecule has 0 saturated carbocycles. The zero-order valence-electron chi connectivity index (χ0n) is 10.2. The van der Waals surface area contributed by atoms with Crippen LogP contribution in [0.15, 0.2) is 24.3 Å². The molecule has 0 bridgehead atoms. The van der Waals surface area contributed by atoms with Gasteiger partial charge in [-0.15, -0.1) is 0 Å². The van der Waals surface area contributed by atoms with Gasteiger partial charge in [0, 0.05) is 12.2 Å². The summed E-state index contributed by atoms with van der Waals surface area (Å²) in [5.74, 6) is 2.37. The molecule has 1 rings (SSSR count). The number of Topliss-reactive ketones (excluding diaryl/α,β-unsaturated/α-hetero) is 1. The Kier molecular flexibility index (Phi) is 6.08. The summed E-state index contributed by atoms with van der Waals surface area (Å²) < 4.78 is 5.03. The molecule has 0 aliphatic carbocycles. The highest BCUT2D eigenvalue weighted by molar-refractivity contribution is 7.99. The van der Waals surface area contributed by atoms with Crippen LogP contribution >= 0.6 is 11.8 Å². The van der Waals surface area contributed by atoms with Crippen LogP contribution in [-0.2, 0) is 0 Å². The van der Waals surface area contributed by atoms with Crippen molar-refractivity contribution in [1.29, 1.82) is 0 Å². The number of carbonyl (C=O) groups is 1. The van der Waals surface area contributed by atoms with E-state index in [9.17, 15) is 4.79 Å². The van der Waals surface area contributed by atoms with Crippen LogP contribution in [0.2, 0.25) is 0 Å². The Bertz CT molecular complexity index is 348. The summed E-state index contributed by atoms with van der Waals surface area (Å²) in [6.45, 7) is 2.13. The first kappa shape index (κ1) is 14.1. The topological polar surface area (TPSA) is 46.5 Å². The number of rotatable bonds is 7. The molecule has 17 heavy (non-hydrogen) atoms. The highest BCUT2D eigenvalue weighted by Gasteiger charge is 2.07. The van der Waals surface area contributed by atoms with E-state index in [1.807, 2.05) is 6.92 Å². The van der Waals surface area contributed by atoms with Gasteiger partial charge in [0.1, 0.15) is 5.75 Å². The molecule has 0 saturated heterocycles. The molecule has 0 aliphatic rings. The molecule has 4 heteroatoms. The predicted molar refractivity (Wildman–Crippen MR) is 70.9 cm³/mol. The molecule has 1 unspecified atom stereocenters. The molecule has 1 aromatic carbocycles. The molecule has 0 spiro atoms. The van der Waals surface area contributed by atoms with Gasteiger partial charge in [0.15, 0.2) is 5.78 Å². The number of hydrogen-bond acceptors (Lipinski definition) is 4. The minimum atomic E-state index is 0.114. The average molecular weight is 254 g/mol. The number of ketones is 1. The average Bonchev–Trinajstić information content (AvgIpc) is 2.38. The van der Waals surface area contributed by atoms with Crippen molar-refractivity contribution in [3.8, 4) is 5.75 Å². The molecule has 0 fully saturated rings. The lowest BCUT2D eigenvalue weighted by atomic mass is 10.1. The summed E-state index contributed by atoms with van der Waals surface area (Å²) in [5.41, 5.74) is 0.704. The standard InChI is InChI=1S/C13H18O3S/c1-10(7-14)8-17-9-13(15)11-3-5-12(16-2)6-4-11/h3-6,10,14H,7-9H2,1-2H3. The predicted octanol–water partition coefficient (Wildman–Crippen LogP) is 2.24. The highest BCUT2D eigenvalue weighted by atomic mass is 32.2. The largest absolute Gasteiger partial charge is 0.497 e. The van der Waals surface area contributed by atoms with Crippen LogP contribution in [0.5, 0.6) is 5.75 Å². The number of aliphatic hydroxyl groups is 1. The van der Waals surface area contributed by atoms with Crippen molar-refractivity contribution in [3.05, 3.63) is 29.8 Å². The Hall–Kier alpha value is -1.00. The molecule has 1 atom stereocenters. The van der Waals surface area contributed by atoms with Crippen molar-refractivity contribution in [2.75, 3.05) is 25.2 Å². The first-order valence-corrected chi connectivity index (χ1v) is 6.68. The normalized spacial score (nSPS) is 12.2. The van der Waals surface area contributed by atoms with E-state index in [0.29, 0.717) is 11.3 Å². The molecule has 0 aromatic heterocycles. The number of ether oxygens (including phenoxy) is 1. The molecule has 0 amide bonds. The maximum atomic E-state index is 11.8. The van der Waals surface area contributed by atoms with E-state index in [-0.39, 0.29) is 18.3 Å². The first-order chi connectivity index (χ1) is 8.17. The third-order valence-corrected chi connectivity index (χ3v) is 3.63. The first-order valence-electron chi connectivity index (χ1n) is 5.53. The minimum absolute atomic E-state index is 0.114. The van der Waals surface area contributed by atoms with Gasteiger partial charge < -0.3 is 9.84 Å². The summed E-state index contributed by atoms with van der Waals surface area (Å²) in [6, 6.07) is 7.12. The number of methoxy groups -OCH3 is 1. The smallest absolute Gasteiger partial charge is 0.172 e. The zero-order valence-corrected chi connectivity index (χ0v) is 11.0. The lowest BCUT2D eigenvalue weighted by molar-refractivity contribution is 0.102. The molecule has 1 aromatic rings. The van der Waals surface area contributed by atoms with Gasteiger partial charge in [0.25, 0.3) is 0 Å². The molecule has 0 aliphatic heterocycles. The Morgan fingerprint density at radius 1 is 1.41 bits per heavy atom. The molecule has 3 nitrogen and oxygen atoms in total. The van der Waals surface area contributed by atoms with Gasteiger partial charge in [-0.05, 0) is 35.9 Å². The van der Waals surface area contributed by atoms with Gasteiger partial charge in [0.2, 0.25) is 0 Å². The SMILES string of the molecule is COc1ccc(C(=O)CSCC(C)CO)cc1. The van der Waals surface area contributed by atoms with Crippen LogP contribution in [0.25, 0.3) is 0 Å². The molecule has 0 radical (unpaired) electrons. The van der Waals surface area contributed by atoms with Gasteiger partial charge >= 0.3 is 0 Å². The summed E-state index contributed by atoms with van der Waals surface area (Å²) in [5, 5.41) is 8.86. The van der Waals surface area contributed by atoms with Gasteiger partial charge in [-0.1, -0.05) is 6.92 Å². The van der Waals surface area contributed by atoms with Crippen molar-refractivity contribution in [1.82, 2.24) is 0 Å². The molecular weight excluding hydrogens is 236 g/mol. The minimum Gasteiger partial charge on any atom is -0.497 e. The second-order valence-electron chi connectivity index (χ2n) is 3.95. The van der Waals surface area contributed by atoms with Crippen LogP contribution in [0, 0.1) is 5.92 Å². The van der Waals surface area contributed by atoms with E-state index < -0.39 is 0 Å². The van der Waals surface area contributed by atoms with Crippen molar-refractivity contribution >= 4 is 17.5 Å². The Balaban J connectivity index is 2.41. The number of benzene rings is 1. The van der Waals surface area contributed by atoms with Crippen LogP contribution in [0.1, 0.15) is 17.3 Å². The fourth-order valence-corrected chi connectivity index (χ4v) is 2.24. The number of thioether (sulfide) groups is 1. The van der Waals surface area contributed by atoms with Crippen LogP contribution in [0.4, 0.5) is 0 Å². The lowest BCUT2D eigenvalue weighted by Gasteiger charge is -2.06. The maximum Gasteiger partial charge on any atom is 0.172 e. The highest BCUT2D eigenvalue weighted by Crippen LogP contribution is 2.14. The van der Waals surface area contributed by atoms with Gasteiger partial charge in [-0.3, -0.25) is 4.79 Å². The molecule has 94 valence electrons. The number of hydrogen-bond donors (Lipinski definition) is 1. The van der Waals surface area contributed by atoms with E-state index in [0.717, 1.165) is 11.5 Å². The molecule has 1 N–H and O–H groups in total. The third-order valence-electron chi connectivity index (χ3n) is 2.36. The molecular formula is C13H18O3S. The van der Waals surface area contributed by atoms with E-state index >= 15 is 0 Å². The Morgan fingerprint density at radius 3 is 2.59 bits per heavy atom. The fourth-order valence-electron chi connectivity index (χ4n) is 1.27. The second-order valence-corrected chi connectivity index (χ2v) is 4.98. The zero-order chi connectivity index (χ0) is 12.7. The van der Waals surface area contributed by atoms with Gasteiger partial charge in [-0.2, -0.15) is 11.8 Å². The van der Waals surface area contributed by atoms with Gasteiger partial charge in [0.05, 0.1) is 12.9 Å².